The van der Waals surface area contributed by atoms with E-state index in [1.54, 1.807) is 41.6 Å². The Kier molecular flexibility index (Phi) is 11.4. The predicted molar refractivity (Wildman–Crippen MR) is 158 cm³/mol. The van der Waals surface area contributed by atoms with Gasteiger partial charge in [-0.25, -0.2) is 4.21 Å². The molecule has 39 heavy (non-hydrogen) atoms. The molecule has 11 heteroatoms. The van der Waals surface area contributed by atoms with Crippen LogP contribution < -0.4 is 14.8 Å². The van der Waals surface area contributed by atoms with Crippen LogP contribution in [0, 0.1) is 10.8 Å². The quantitative estimate of drug-likeness (QED) is 0.193. The van der Waals surface area contributed by atoms with Gasteiger partial charge in [0.2, 0.25) is 0 Å². The SMILES string of the molecule is CCOC(=O)CS(=O)N(C/C=C/c1cccc(C(=N)N)c1)c1ccc(OC2CCN(C(=N)CC)CC2)c(Cl)c1. The Hall–Kier alpha value is -3.37. The van der Waals surface area contributed by atoms with Gasteiger partial charge in [-0.15, -0.1) is 0 Å². The van der Waals surface area contributed by atoms with E-state index in [2.05, 4.69) is 4.90 Å². The van der Waals surface area contributed by atoms with Crippen LogP contribution in [0.25, 0.3) is 6.08 Å². The number of hydrogen-bond donors (Lipinski definition) is 3. The van der Waals surface area contributed by atoms with Crippen LogP contribution in [-0.2, 0) is 20.5 Å². The van der Waals surface area contributed by atoms with Gasteiger partial charge in [0.1, 0.15) is 34.4 Å². The van der Waals surface area contributed by atoms with Gasteiger partial charge in [-0.3, -0.25) is 19.9 Å². The molecule has 2 aromatic carbocycles. The second kappa shape index (κ2) is 14.7. The number of esters is 1. The Bertz CT molecular complexity index is 1230. The average molecular weight is 574 g/mol. The lowest BCUT2D eigenvalue weighted by Gasteiger charge is -2.33. The number of rotatable bonds is 12. The first-order valence-electron chi connectivity index (χ1n) is 12.9. The van der Waals surface area contributed by atoms with Gasteiger partial charge in [-0.1, -0.05) is 48.9 Å². The average Bonchev–Trinajstić information content (AvgIpc) is 2.92. The van der Waals surface area contributed by atoms with E-state index in [0.29, 0.717) is 34.3 Å². The molecular formula is C28H36ClN5O4S. The number of amidine groups is 2. The van der Waals surface area contributed by atoms with Gasteiger partial charge in [0.05, 0.1) is 29.7 Å². The van der Waals surface area contributed by atoms with Crippen LogP contribution in [0.2, 0.25) is 5.02 Å². The van der Waals surface area contributed by atoms with Crippen molar-refractivity contribution in [1.29, 1.82) is 10.8 Å². The van der Waals surface area contributed by atoms with Crippen LogP contribution in [0.5, 0.6) is 5.75 Å². The Morgan fingerprint density at radius 3 is 2.59 bits per heavy atom. The highest BCUT2D eigenvalue weighted by atomic mass is 35.5. The van der Waals surface area contributed by atoms with Crippen molar-refractivity contribution in [2.45, 2.75) is 39.2 Å². The lowest BCUT2D eigenvalue weighted by Crippen LogP contribution is -2.41. The highest BCUT2D eigenvalue weighted by molar-refractivity contribution is 7.87. The Morgan fingerprint density at radius 1 is 1.21 bits per heavy atom. The van der Waals surface area contributed by atoms with Crippen molar-refractivity contribution >= 4 is 52.0 Å². The van der Waals surface area contributed by atoms with E-state index in [9.17, 15) is 9.00 Å². The minimum atomic E-state index is -1.71. The Morgan fingerprint density at radius 2 is 1.95 bits per heavy atom. The number of piperidine rings is 1. The number of hydrogen-bond acceptors (Lipinski definition) is 6. The maximum absolute atomic E-state index is 13.2. The number of nitrogens with one attached hydrogen (secondary N) is 2. The van der Waals surface area contributed by atoms with Crippen LogP contribution in [0.15, 0.2) is 48.5 Å². The molecule has 0 radical (unpaired) electrons. The molecule has 0 bridgehead atoms. The summed E-state index contributed by atoms with van der Waals surface area (Å²) in [6.45, 7) is 5.67. The molecule has 9 nitrogen and oxygen atoms in total. The van der Waals surface area contributed by atoms with Crippen molar-refractivity contribution in [3.05, 3.63) is 64.7 Å². The number of nitrogen functional groups attached to an aromatic ring is 1. The minimum Gasteiger partial charge on any atom is -0.489 e. The molecule has 0 spiro atoms. The van der Waals surface area contributed by atoms with Crippen molar-refractivity contribution in [2.75, 3.05) is 36.3 Å². The topological polar surface area (TPSA) is 133 Å². The number of nitrogens with two attached hydrogens (primary N) is 1. The van der Waals surface area contributed by atoms with E-state index in [-0.39, 0.29) is 30.8 Å². The van der Waals surface area contributed by atoms with Gasteiger partial charge >= 0.3 is 5.97 Å². The third-order valence-electron chi connectivity index (χ3n) is 6.23. The number of likely N-dealkylation sites (tertiary alicyclic amines) is 1. The maximum Gasteiger partial charge on any atom is 0.320 e. The third-order valence-corrected chi connectivity index (χ3v) is 7.86. The zero-order valence-electron chi connectivity index (χ0n) is 22.3. The molecule has 1 saturated heterocycles. The van der Waals surface area contributed by atoms with Gasteiger partial charge in [0.25, 0.3) is 0 Å². The van der Waals surface area contributed by atoms with E-state index >= 15 is 0 Å². The molecule has 1 aliphatic heterocycles. The minimum absolute atomic E-state index is 0.00277. The predicted octanol–water partition coefficient (Wildman–Crippen LogP) is 4.60. The standard InChI is InChI=1S/C28H36ClN5O4S/c1-3-26(30)33-15-12-23(13-16-33)38-25-11-10-22(18-24(25)29)34(39(36)19-27(35)37-4-2)14-6-8-20-7-5-9-21(17-20)28(31)32/h5-11,17-18,23,30H,3-4,12-16,19H2,1-2H3,(H3,31,32)/b8-6+,30-26?. The lowest BCUT2D eigenvalue weighted by atomic mass is 10.1. The molecule has 1 atom stereocenters. The highest BCUT2D eigenvalue weighted by Crippen LogP contribution is 2.32. The molecule has 210 valence electrons. The summed E-state index contributed by atoms with van der Waals surface area (Å²) in [5.41, 5.74) is 7.60. The van der Waals surface area contributed by atoms with Crippen molar-refractivity contribution in [3.63, 3.8) is 0 Å². The van der Waals surface area contributed by atoms with Crippen LogP contribution in [0.3, 0.4) is 0 Å². The van der Waals surface area contributed by atoms with Crippen LogP contribution >= 0.6 is 11.6 Å². The maximum atomic E-state index is 13.2. The molecule has 0 aromatic heterocycles. The smallest absolute Gasteiger partial charge is 0.320 e. The highest BCUT2D eigenvalue weighted by Gasteiger charge is 2.23. The van der Waals surface area contributed by atoms with Gasteiger partial charge in [0, 0.05) is 37.9 Å². The second-order valence-electron chi connectivity index (χ2n) is 8.99. The largest absolute Gasteiger partial charge is 0.489 e. The molecule has 3 rings (SSSR count). The van der Waals surface area contributed by atoms with E-state index in [4.69, 9.17) is 37.6 Å². The molecule has 0 saturated carbocycles. The van der Waals surface area contributed by atoms with Crippen molar-refractivity contribution < 1.29 is 18.5 Å². The third kappa shape index (κ3) is 8.83. The summed E-state index contributed by atoms with van der Waals surface area (Å²) in [5.74, 6) is 0.324. The number of anilines is 1. The fraction of sp³-hybridized carbons (Fsp3) is 0.393. The van der Waals surface area contributed by atoms with Crippen LogP contribution in [0.1, 0.15) is 44.2 Å². The monoisotopic (exact) mass is 573 g/mol. The first-order chi connectivity index (χ1) is 18.7. The zero-order chi connectivity index (χ0) is 28.4. The molecule has 1 aliphatic rings. The van der Waals surface area contributed by atoms with Gasteiger partial charge in [-0.2, -0.15) is 0 Å². The number of benzene rings is 2. The summed E-state index contributed by atoms with van der Waals surface area (Å²) in [5, 5.41) is 16.0. The fourth-order valence-electron chi connectivity index (χ4n) is 4.17. The van der Waals surface area contributed by atoms with Crippen molar-refractivity contribution in [2.24, 2.45) is 5.73 Å². The Balaban J connectivity index is 1.74. The summed E-state index contributed by atoms with van der Waals surface area (Å²) in [4.78, 5) is 14.1. The summed E-state index contributed by atoms with van der Waals surface area (Å²) in [6.07, 6.45) is 5.97. The van der Waals surface area contributed by atoms with E-state index in [1.165, 1.54) is 0 Å². The first-order valence-corrected chi connectivity index (χ1v) is 14.6. The molecule has 4 N–H and O–H groups in total. The molecule has 1 fully saturated rings. The van der Waals surface area contributed by atoms with Crippen LogP contribution in [0.4, 0.5) is 5.69 Å². The van der Waals surface area contributed by atoms with E-state index in [0.717, 1.165) is 31.5 Å². The van der Waals surface area contributed by atoms with E-state index < -0.39 is 17.0 Å². The Labute approximate surface area is 237 Å². The molecule has 0 aliphatic carbocycles. The molecule has 1 unspecified atom stereocenters. The fourth-order valence-corrected chi connectivity index (χ4v) is 5.43. The second-order valence-corrected chi connectivity index (χ2v) is 10.8. The van der Waals surface area contributed by atoms with Gasteiger partial charge < -0.3 is 20.1 Å². The number of carbonyl (C=O) groups excluding carboxylic acids is 1. The zero-order valence-corrected chi connectivity index (χ0v) is 23.9. The molecule has 0 amide bonds. The number of halogens is 1. The summed E-state index contributed by atoms with van der Waals surface area (Å²) in [6, 6.07) is 12.4. The number of nitrogens with zero attached hydrogens (tertiary/aromatic N) is 2. The van der Waals surface area contributed by atoms with E-state index in [1.807, 2.05) is 31.2 Å². The number of ether oxygens (including phenoxy) is 2. The van der Waals surface area contributed by atoms with Crippen molar-refractivity contribution in [1.82, 2.24) is 4.90 Å². The van der Waals surface area contributed by atoms with Gasteiger partial charge in [-0.05, 0) is 36.8 Å². The number of carbonyl (C=O) groups is 1. The molecular weight excluding hydrogens is 538 g/mol. The lowest BCUT2D eigenvalue weighted by molar-refractivity contribution is -0.139. The summed E-state index contributed by atoms with van der Waals surface area (Å²) < 4.78 is 25.9. The molecule has 2 aromatic rings. The van der Waals surface area contributed by atoms with Crippen LogP contribution in [-0.4, -0.2) is 64.8 Å². The van der Waals surface area contributed by atoms with Crippen molar-refractivity contribution in [3.8, 4) is 5.75 Å². The normalized spacial score (nSPS) is 14.7. The van der Waals surface area contributed by atoms with Gasteiger partial charge in [0.15, 0.2) is 0 Å². The summed E-state index contributed by atoms with van der Waals surface area (Å²) >= 11 is 6.59. The first kappa shape index (κ1) is 30.2. The molecule has 1 heterocycles. The summed E-state index contributed by atoms with van der Waals surface area (Å²) in [7, 11) is -1.71.